The van der Waals surface area contributed by atoms with Gasteiger partial charge in [-0.3, -0.25) is 0 Å². The lowest BCUT2D eigenvalue weighted by molar-refractivity contribution is 0.143. The second-order valence-electron chi connectivity index (χ2n) is 5.30. The number of pyridine rings is 1. The summed E-state index contributed by atoms with van der Waals surface area (Å²) < 4.78 is 19.7. The quantitative estimate of drug-likeness (QED) is 0.867. The highest BCUT2D eigenvalue weighted by Gasteiger charge is 2.23. The van der Waals surface area contributed by atoms with Crippen molar-refractivity contribution in [2.24, 2.45) is 5.92 Å². The summed E-state index contributed by atoms with van der Waals surface area (Å²) in [5.41, 5.74) is 0.686. The summed E-state index contributed by atoms with van der Waals surface area (Å²) in [6.07, 6.45) is 3.90. The third-order valence-electron chi connectivity index (χ3n) is 3.74. The van der Waals surface area contributed by atoms with Crippen molar-refractivity contribution < 1.29 is 9.13 Å². The van der Waals surface area contributed by atoms with Gasteiger partial charge in [-0.1, -0.05) is 6.92 Å². The van der Waals surface area contributed by atoms with E-state index in [9.17, 15) is 4.39 Å². The monoisotopic (exact) mass is 281 g/mol. The van der Waals surface area contributed by atoms with Crippen molar-refractivity contribution in [3.05, 3.63) is 23.6 Å². The molecule has 0 amide bonds. The van der Waals surface area contributed by atoms with Crippen LogP contribution >= 0.6 is 0 Å². The minimum absolute atomic E-state index is 0.188. The van der Waals surface area contributed by atoms with E-state index in [2.05, 4.69) is 15.2 Å². The van der Waals surface area contributed by atoms with Crippen LogP contribution in [0, 0.1) is 11.7 Å². The molecule has 1 N–H and O–H groups in total. The van der Waals surface area contributed by atoms with Gasteiger partial charge in [0.25, 0.3) is 0 Å². The van der Waals surface area contributed by atoms with E-state index in [0.717, 1.165) is 39.1 Å². The topological polar surface area (TPSA) is 37.4 Å². The fourth-order valence-electron chi connectivity index (χ4n) is 2.72. The van der Waals surface area contributed by atoms with Crippen molar-refractivity contribution in [3.8, 4) is 0 Å². The normalized spacial score (nSPS) is 19.4. The Morgan fingerprint density at radius 1 is 1.55 bits per heavy atom. The van der Waals surface area contributed by atoms with Crippen molar-refractivity contribution in [2.75, 3.05) is 38.3 Å². The van der Waals surface area contributed by atoms with Crippen molar-refractivity contribution in [3.63, 3.8) is 0 Å². The van der Waals surface area contributed by atoms with Crippen LogP contribution in [0.4, 0.5) is 10.2 Å². The lowest BCUT2D eigenvalue weighted by Gasteiger charge is -2.33. The van der Waals surface area contributed by atoms with Gasteiger partial charge in [0.15, 0.2) is 11.6 Å². The molecule has 2 heterocycles. The number of ether oxygens (including phenoxy) is 1. The molecule has 20 heavy (non-hydrogen) atoms. The van der Waals surface area contributed by atoms with E-state index >= 15 is 0 Å². The number of rotatable bonds is 6. The number of hydrogen-bond donors (Lipinski definition) is 1. The van der Waals surface area contributed by atoms with Crippen molar-refractivity contribution in [1.82, 2.24) is 10.3 Å². The Balaban J connectivity index is 2.11. The molecule has 0 aliphatic carbocycles. The summed E-state index contributed by atoms with van der Waals surface area (Å²) >= 11 is 0. The van der Waals surface area contributed by atoms with Gasteiger partial charge in [-0.05, 0) is 31.4 Å². The van der Waals surface area contributed by atoms with Gasteiger partial charge in [-0.15, -0.1) is 0 Å². The van der Waals surface area contributed by atoms with Gasteiger partial charge in [-0.2, -0.15) is 0 Å². The highest BCUT2D eigenvalue weighted by atomic mass is 19.1. The van der Waals surface area contributed by atoms with Crippen molar-refractivity contribution in [2.45, 2.75) is 26.3 Å². The zero-order valence-corrected chi connectivity index (χ0v) is 12.4. The van der Waals surface area contributed by atoms with Crippen LogP contribution in [0.25, 0.3) is 0 Å². The predicted octanol–water partition coefficient (Wildman–Crippen LogP) is 2.19. The predicted molar refractivity (Wildman–Crippen MR) is 78.4 cm³/mol. The van der Waals surface area contributed by atoms with Gasteiger partial charge in [0, 0.05) is 38.5 Å². The molecule has 1 saturated heterocycles. The Hall–Kier alpha value is -1.20. The number of anilines is 1. The van der Waals surface area contributed by atoms with Crippen LogP contribution in [0.2, 0.25) is 0 Å². The molecule has 1 aliphatic heterocycles. The minimum atomic E-state index is -0.188. The SMILES string of the molecule is CCNCc1ccnc(N2CCCC(COC)C2)c1F. The number of hydrogen-bond acceptors (Lipinski definition) is 4. The second-order valence-corrected chi connectivity index (χ2v) is 5.30. The standard InChI is InChI=1S/C15H24FN3O/c1-3-17-9-13-6-7-18-15(14(13)16)19-8-4-5-12(10-19)11-20-2/h6-7,12,17H,3-5,8-11H2,1-2H3. The van der Waals surface area contributed by atoms with Gasteiger partial charge < -0.3 is 15.0 Å². The Kier molecular flexibility index (Phi) is 5.73. The smallest absolute Gasteiger partial charge is 0.170 e. The first kappa shape index (κ1) is 15.2. The van der Waals surface area contributed by atoms with Crippen LogP contribution in [0.3, 0.4) is 0 Å². The largest absolute Gasteiger partial charge is 0.384 e. The highest BCUT2D eigenvalue weighted by molar-refractivity contribution is 5.43. The molecule has 2 rings (SSSR count). The molecule has 0 spiro atoms. The molecule has 1 aliphatic rings. The van der Waals surface area contributed by atoms with E-state index in [1.807, 2.05) is 6.92 Å². The lowest BCUT2D eigenvalue weighted by atomic mass is 9.99. The second kappa shape index (κ2) is 7.55. The summed E-state index contributed by atoms with van der Waals surface area (Å²) in [6.45, 7) is 5.82. The van der Waals surface area contributed by atoms with Crippen LogP contribution in [0.5, 0.6) is 0 Å². The summed E-state index contributed by atoms with van der Waals surface area (Å²) in [5.74, 6) is 0.764. The van der Waals surface area contributed by atoms with Gasteiger partial charge in [0.2, 0.25) is 0 Å². The van der Waals surface area contributed by atoms with Crippen LogP contribution in [-0.2, 0) is 11.3 Å². The summed E-state index contributed by atoms with van der Waals surface area (Å²) in [4.78, 5) is 6.30. The average Bonchev–Trinajstić information content (AvgIpc) is 2.47. The van der Waals surface area contributed by atoms with E-state index in [1.54, 1.807) is 19.4 Å². The first-order valence-corrected chi connectivity index (χ1v) is 7.34. The highest BCUT2D eigenvalue weighted by Crippen LogP contribution is 2.25. The van der Waals surface area contributed by atoms with Gasteiger partial charge in [0.05, 0.1) is 6.61 Å². The number of piperidine rings is 1. The molecule has 1 fully saturated rings. The van der Waals surface area contributed by atoms with Gasteiger partial charge >= 0.3 is 0 Å². The van der Waals surface area contributed by atoms with E-state index < -0.39 is 0 Å². The maximum Gasteiger partial charge on any atom is 0.170 e. The van der Waals surface area contributed by atoms with Crippen LogP contribution in [0.1, 0.15) is 25.3 Å². The molecule has 1 unspecified atom stereocenters. The van der Waals surface area contributed by atoms with E-state index in [0.29, 0.717) is 23.8 Å². The minimum Gasteiger partial charge on any atom is -0.384 e. The molecule has 112 valence electrons. The summed E-state index contributed by atoms with van der Waals surface area (Å²) in [6, 6.07) is 1.75. The van der Waals surface area contributed by atoms with Crippen LogP contribution in [-0.4, -0.2) is 38.3 Å². The van der Waals surface area contributed by atoms with E-state index in [-0.39, 0.29) is 5.82 Å². The summed E-state index contributed by atoms with van der Waals surface area (Å²) in [7, 11) is 1.72. The number of methoxy groups -OCH3 is 1. The first-order chi connectivity index (χ1) is 9.76. The molecule has 0 aromatic carbocycles. The Bertz CT molecular complexity index is 426. The molecular weight excluding hydrogens is 257 g/mol. The number of halogens is 1. The number of aromatic nitrogens is 1. The molecular formula is C15H24FN3O. The molecule has 5 heteroatoms. The Morgan fingerprint density at radius 2 is 2.40 bits per heavy atom. The summed E-state index contributed by atoms with van der Waals surface area (Å²) in [5, 5.41) is 3.16. The number of nitrogens with zero attached hydrogens (tertiary/aromatic N) is 2. The fourth-order valence-corrected chi connectivity index (χ4v) is 2.72. The maximum atomic E-state index is 14.5. The lowest BCUT2D eigenvalue weighted by Crippen LogP contribution is -2.38. The zero-order chi connectivity index (χ0) is 14.4. The third-order valence-corrected chi connectivity index (χ3v) is 3.74. The average molecular weight is 281 g/mol. The van der Waals surface area contributed by atoms with Gasteiger partial charge in [-0.25, -0.2) is 9.37 Å². The van der Waals surface area contributed by atoms with Crippen LogP contribution < -0.4 is 10.2 Å². The van der Waals surface area contributed by atoms with Crippen molar-refractivity contribution in [1.29, 1.82) is 0 Å². The Labute approximate surface area is 120 Å². The molecule has 0 radical (unpaired) electrons. The molecule has 0 bridgehead atoms. The molecule has 4 nitrogen and oxygen atoms in total. The van der Waals surface area contributed by atoms with Crippen LogP contribution in [0.15, 0.2) is 12.3 Å². The van der Waals surface area contributed by atoms with E-state index in [1.165, 1.54) is 0 Å². The Morgan fingerprint density at radius 3 is 3.15 bits per heavy atom. The number of nitrogens with one attached hydrogen (secondary N) is 1. The molecule has 1 aromatic rings. The zero-order valence-electron chi connectivity index (χ0n) is 12.4. The fraction of sp³-hybridized carbons (Fsp3) is 0.667. The van der Waals surface area contributed by atoms with Crippen molar-refractivity contribution >= 4 is 5.82 Å². The molecule has 1 aromatic heterocycles. The third kappa shape index (κ3) is 3.67. The maximum absolute atomic E-state index is 14.5. The first-order valence-electron chi connectivity index (χ1n) is 7.34. The van der Waals surface area contributed by atoms with E-state index in [4.69, 9.17) is 4.74 Å². The van der Waals surface area contributed by atoms with Gasteiger partial charge in [0.1, 0.15) is 0 Å². The molecule has 1 atom stereocenters. The molecule has 0 saturated carbocycles.